The summed E-state index contributed by atoms with van der Waals surface area (Å²) in [4.78, 5) is 43.3. The fraction of sp³-hybridized carbons (Fsp3) is 0.476. The highest BCUT2D eigenvalue weighted by molar-refractivity contribution is 6.10. The van der Waals surface area contributed by atoms with Crippen LogP contribution in [0.15, 0.2) is 35.9 Å². The van der Waals surface area contributed by atoms with Gasteiger partial charge in [-0.3, -0.25) is 14.4 Å². The molecule has 4 aliphatic rings. The molecule has 3 fully saturated rings. The Morgan fingerprint density at radius 3 is 2.70 bits per heavy atom. The van der Waals surface area contributed by atoms with Gasteiger partial charge >= 0.3 is 0 Å². The van der Waals surface area contributed by atoms with Gasteiger partial charge in [0, 0.05) is 12.2 Å². The SMILES string of the molecule is CC(C)=C[C@@H]1N2C(=O)C3CCCN3C(=O)C2C[C@@]12C(=O)Nc1ccccc12. The molecule has 3 amide bonds. The molecule has 4 aliphatic heterocycles. The summed E-state index contributed by atoms with van der Waals surface area (Å²) in [6.45, 7) is 4.58. The second kappa shape index (κ2) is 5.44. The highest BCUT2D eigenvalue weighted by Gasteiger charge is 2.66. The summed E-state index contributed by atoms with van der Waals surface area (Å²) in [7, 11) is 0. The van der Waals surface area contributed by atoms with Crippen LogP contribution < -0.4 is 5.32 Å². The summed E-state index contributed by atoms with van der Waals surface area (Å²) in [5.74, 6) is -0.117. The summed E-state index contributed by atoms with van der Waals surface area (Å²) in [5, 5.41) is 2.99. The highest BCUT2D eigenvalue weighted by Crippen LogP contribution is 2.52. The van der Waals surface area contributed by atoms with E-state index >= 15 is 0 Å². The van der Waals surface area contributed by atoms with Crippen LogP contribution in [-0.2, 0) is 19.8 Å². The number of carbonyl (C=O) groups is 3. The third kappa shape index (κ3) is 1.98. The maximum Gasteiger partial charge on any atom is 0.246 e. The molecule has 6 nitrogen and oxygen atoms in total. The van der Waals surface area contributed by atoms with E-state index in [0.29, 0.717) is 19.4 Å². The second-order valence-corrected chi connectivity index (χ2v) is 8.32. The molecule has 2 unspecified atom stereocenters. The van der Waals surface area contributed by atoms with E-state index in [4.69, 9.17) is 0 Å². The first-order valence-electron chi connectivity index (χ1n) is 9.64. The molecule has 0 bridgehead atoms. The summed E-state index contributed by atoms with van der Waals surface area (Å²) < 4.78 is 0. The van der Waals surface area contributed by atoms with Crippen molar-refractivity contribution in [3.8, 4) is 0 Å². The highest BCUT2D eigenvalue weighted by atomic mass is 16.2. The normalized spacial score (nSPS) is 33.9. The number of rotatable bonds is 1. The fourth-order valence-corrected chi connectivity index (χ4v) is 5.47. The van der Waals surface area contributed by atoms with Gasteiger partial charge in [0.1, 0.15) is 17.5 Å². The summed E-state index contributed by atoms with van der Waals surface area (Å²) >= 11 is 0. The van der Waals surface area contributed by atoms with E-state index in [2.05, 4.69) is 5.32 Å². The molecule has 4 heterocycles. The van der Waals surface area contributed by atoms with Crippen molar-refractivity contribution >= 4 is 23.4 Å². The maximum absolute atomic E-state index is 13.4. The van der Waals surface area contributed by atoms with Gasteiger partial charge in [-0.25, -0.2) is 0 Å². The van der Waals surface area contributed by atoms with Gasteiger partial charge in [0.25, 0.3) is 0 Å². The number of amides is 3. The first-order chi connectivity index (χ1) is 12.9. The van der Waals surface area contributed by atoms with Crippen molar-refractivity contribution in [2.75, 3.05) is 11.9 Å². The Kier molecular flexibility index (Phi) is 3.33. The van der Waals surface area contributed by atoms with Gasteiger partial charge in [0.05, 0.1) is 6.04 Å². The molecule has 6 heteroatoms. The van der Waals surface area contributed by atoms with Crippen LogP contribution in [0.25, 0.3) is 0 Å². The number of nitrogens with zero attached hydrogens (tertiary/aromatic N) is 2. The van der Waals surface area contributed by atoms with Gasteiger partial charge in [-0.15, -0.1) is 0 Å². The molecule has 1 aromatic carbocycles. The third-order valence-corrected chi connectivity index (χ3v) is 6.57. The molecule has 0 radical (unpaired) electrons. The predicted molar refractivity (Wildman–Crippen MR) is 100.0 cm³/mol. The van der Waals surface area contributed by atoms with Crippen molar-refractivity contribution < 1.29 is 14.4 Å². The lowest BCUT2D eigenvalue weighted by atomic mass is 9.73. The molecule has 5 rings (SSSR count). The standard InChI is InChI=1S/C21H23N3O3/c1-12(2)10-17-21(13-6-3-4-7-14(13)22-20(21)27)11-16-18(25)23-9-5-8-15(23)19(26)24(16)17/h3-4,6-7,10,15-17H,5,8-9,11H2,1-2H3,(H,22,27)/t15?,16?,17-,21-/m0/s1. The van der Waals surface area contributed by atoms with Crippen molar-refractivity contribution in [2.45, 2.75) is 56.7 Å². The molecule has 0 aromatic heterocycles. The van der Waals surface area contributed by atoms with E-state index in [0.717, 1.165) is 23.2 Å². The Hall–Kier alpha value is -2.63. The van der Waals surface area contributed by atoms with Crippen LogP contribution in [-0.4, -0.2) is 52.2 Å². The molecular weight excluding hydrogens is 342 g/mol. The molecule has 0 saturated carbocycles. The van der Waals surface area contributed by atoms with Gasteiger partial charge in [-0.05, 0) is 44.7 Å². The molecule has 4 atom stereocenters. The zero-order chi connectivity index (χ0) is 18.9. The zero-order valence-electron chi connectivity index (χ0n) is 15.6. The first kappa shape index (κ1) is 16.5. The summed E-state index contributed by atoms with van der Waals surface area (Å²) in [6.07, 6.45) is 3.92. The lowest BCUT2D eigenvalue weighted by Crippen LogP contribution is -2.62. The van der Waals surface area contributed by atoms with Crippen LogP contribution in [0, 0.1) is 0 Å². The molecular formula is C21H23N3O3. The fourth-order valence-electron chi connectivity index (χ4n) is 5.47. The number of allylic oxidation sites excluding steroid dienone is 1. The molecule has 0 aliphatic carbocycles. The number of benzene rings is 1. The first-order valence-corrected chi connectivity index (χ1v) is 9.64. The Morgan fingerprint density at radius 1 is 1.15 bits per heavy atom. The van der Waals surface area contributed by atoms with Gasteiger partial charge in [0.2, 0.25) is 17.7 Å². The predicted octanol–water partition coefficient (Wildman–Crippen LogP) is 1.82. The molecule has 27 heavy (non-hydrogen) atoms. The van der Waals surface area contributed by atoms with E-state index in [-0.39, 0.29) is 23.8 Å². The van der Waals surface area contributed by atoms with Crippen LogP contribution >= 0.6 is 0 Å². The van der Waals surface area contributed by atoms with E-state index < -0.39 is 17.5 Å². The number of nitrogens with one attached hydrogen (secondary N) is 1. The van der Waals surface area contributed by atoms with Crippen molar-refractivity contribution in [3.63, 3.8) is 0 Å². The molecule has 140 valence electrons. The second-order valence-electron chi connectivity index (χ2n) is 8.32. The van der Waals surface area contributed by atoms with Crippen molar-refractivity contribution in [1.82, 2.24) is 9.80 Å². The van der Waals surface area contributed by atoms with E-state index in [1.165, 1.54) is 0 Å². The lowest BCUT2D eigenvalue weighted by molar-refractivity contribution is -0.158. The average Bonchev–Trinajstić information content (AvgIpc) is 3.31. The van der Waals surface area contributed by atoms with Crippen molar-refractivity contribution in [1.29, 1.82) is 0 Å². The van der Waals surface area contributed by atoms with E-state index in [1.54, 1.807) is 9.80 Å². The number of hydrogen-bond acceptors (Lipinski definition) is 3. The smallest absolute Gasteiger partial charge is 0.246 e. The van der Waals surface area contributed by atoms with Gasteiger partial charge in [-0.1, -0.05) is 29.8 Å². The quantitative estimate of drug-likeness (QED) is 0.772. The maximum atomic E-state index is 13.4. The van der Waals surface area contributed by atoms with E-state index in [1.807, 2.05) is 44.2 Å². The monoisotopic (exact) mass is 365 g/mol. The largest absolute Gasteiger partial charge is 0.329 e. The summed E-state index contributed by atoms with van der Waals surface area (Å²) in [6, 6.07) is 6.29. The average molecular weight is 365 g/mol. The zero-order valence-corrected chi connectivity index (χ0v) is 15.6. The topological polar surface area (TPSA) is 69.7 Å². The van der Waals surface area contributed by atoms with E-state index in [9.17, 15) is 14.4 Å². The van der Waals surface area contributed by atoms with Gasteiger partial charge < -0.3 is 15.1 Å². The number of anilines is 1. The Bertz CT molecular complexity index is 904. The molecule has 1 aromatic rings. The summed E-state index contributed by atoms with van der Waals surface area (Å²) in [5.41, 5.74) is 1.82. The number of piperazine rings is 1. The van der Waals surface area contributed by atoms with Gasteiger partial charge in [-0.2, -0.15) is 0 Å². The van der Waals surface area contributed by atoms with Crippen LogP contribution in [0.2, 0.25) is 0 Å². The van der Waals surface area contributed by atoms with Gasteiger partial charge in [0.15, 0.2) is 0 Å². The third-order valence-electron chi connectivity index (χ3n) is 6.57. The van der Waals surface area contributed by atoms with Crippen molar-refractivity contribution in [3.05, 3.63) is 41.5 Å². The van der Waals surface area contributed by atoms with Crippen LogP contribution in [0.3, 0.4) is 0 Å². The molecule has 3 saturated heterocycles. The molecule has 1 spiro atoms. The van der Waals surface area contributed by atoms with Crippen molar-refractivity contribution in [2.24, 2.45) is 0 Å². The minimum absolute atomic E-state index is 0.00156. The number of carbonyl (C=O) groups excluding carboxylic acids is 3. The minimum atomic E-state index is -0.899. The Morgan fingerprint density at radius 2 is 1.93 bits per heavy atom. The van der Waals surface area contributed by atoms with Crippen LogP contribution in [0.4, 0.5) is 5.69 Å². The number of hydrogen-bond donors (Lipinski definition) is 1. The number of para-hydroxylation sites is 1. The molecule has 1 N–H and O–H groups in total. The number of fused-ring (bicyclic) bond motifs is 4. The van der Waals surface area contributed by atoms with Crippen LogP contribution in [0.5, 0.6) is 0 Å². The minimum Gasteiger partial charge on any atom is -0.329 e. The lowest BCUT2D eigenvalue weighted by Gasteiger charge is -2.41. The Labute approximate surface area is 158 Å². The van der Waals surface area contributed by atoms with Crippen LogP contribution in [0.1, 0.15) is 38.7 Å². The Balaban J connectivity index is 1.71.